The lowest BCUT2D eigenvalue weighted by Crippen LogP contribution is -2.07. The van der Waals surface area contributed by atoms with Crippen LogP contribution in [0.5, 0.6) is 28.7 Å². The van der Waals surface area contributed by atoms with Gasteiger partial charge in [0.1, 0.15) is 28.7 Å². The number of hydrogen-bond acceptors (Lipinski definition) is 8. The summed E-state index contributed by atoms with van der Waals surface area (Å²) in [5, 5.41) is 21.2. The van der Waals surface area contributed by atoms with E-state index in [1.807, 2.05) is 12.1 Å². The van der Waals surface area contributed by atoms with Gasteiger partial charge in [-0.1, -0.05) is 161 Å². The van der Waals surface area contributed by atoms with Gasteiger partial charge in [0, 0.05) is 41.8 Å². The molecule has 0 radical (unpaired) electrons. The second kappa shape index (κ2) is 31.7. The van der Waals surface area contributed by atoms with E-state index in [4.69, 9.17) is 14.2 Å². The van der Waals surface area contributed by atoms with Gasteiger partial charge in [0.2, 0.25) is 0 Å². The van der Waals surface area contributed by atoms with Crippen LogP contribution in [0.3, 0.4) is 0 Å². The summed E-state index contributed by atoms with van der Waals surface area (Å²) < 4.78 is 17.4. The van der Waals surface area contributed by atoms with E-state index in [0.29, 0.717) is 58.5 Å². The van der Waals surface area contributed by atoms with Crippen molar-refractivity contribution in [2.24, 2.45) is 9.98 Å². The van der Waals surface area contributed by atoms with Gasteiger partial charge in [0.15, 0.2) is 0 Å². The Morgan fingerprint density at radius 3 is 1.30 bits per heavy atom. The molecule has 0 saturated carbocycles. The topological polar surface area (TPSA) is 110 Å². The number of nitrogens with zero attached hydrogens (tertiary/aromatic N) is 2. The quantitative estimate of drug-likeness (QED) is 0.0209. The van der Waals surface area contributed by atoms with Crippen LogP contribution >= 0.6 is 0 Å². The molecular formula is C55H76N2O6. The molecule has 0 aliphatic carbocycles. The molecule has 0 amide bonds. The zero-order valence-corrected chi connectivity index (χ0v) is 38.5. The first-order valence-electron chi connectivity index (χ1n) is 24.4. The summed E-state index contributed by atoms with van der Waals surface area (Å²) >= 11 is 0. The number of esters is 1. The van der Waals surface area contributed by atoms with Gasteiger partial charge >= 0.3 is 5.97 Å². The van der Waals surface area contributed by atoms with Crippen LogP contribution in [0.4, 0.5) is 11.4 Å². The van der Waals surface area contributed by atoms with E-state index < -0.39 is 5.97 Å². The molecule has 0 heterocycles. The molecular weight excluding hydrogens is 785 g/mol. The second-order valence-corrected chi connectivity index (χ2v) is 16.9. The number of ether oxygens (including phenoxy) is 3. The highest BCUT2D eigenvalue weighted by atomic mass is 16.5. The molecule has 8 nitrogen and oxygen atoms in total. The maximum Gasteiger partial charge on any atom is 0.343 e. The normalized spacial score (nSPS) is 11.5. The van der Waals surface area contributed by atoms with Crippen LogP contribution in [0.15, 0.2) is 94.9 Å². The van der Waals surface area contributed by atoms with Crippen molar-refractivity contribution in [3.63, 3.8) is 0 Å². The summed E-state index contributed by atoms with van der Waals surface area (Å²) in [7, 11) is 0. The lowest BCUT2D eigenvalue weighted by Gasteiger charge is -2.08. The summed E-state index contributed by atoms with van der Waals surface area (Å²) in [6, 6.07) is 24.2. The fourth-order valence-electron chi connectivity index (χ4n) is 7.48. The summed E-state index contributed by atoms with van der Waals surface area (Å²) in [6.45, 7) is 5.79. The van der Waals surface area contributed by atoms with E-state index >= 15 is 0 Å². The smallest absolute Gasteiger partial charge is 0.343 e. The second-order valence-electron chi connectivity index (χ2n) is 16.9. The average Bonchev–Trinajstić information content (AvgIpc) is 3.29. The molecule has 2 N–H and O–H groups in total. The van der Waals surface area contributed by atoms with Gasteiger partial charge in [-0.15, -0.1) is 0 Å². The fraction of sp³-hybridized carbons (Fsp3) is 0.509. The molecule has 0 aliphatic rings. The number of rotatable bonds is 34. The maximum absolute atomic E-state index is 13.0. The summed E-state index contributed by atoms with van der Waals surface area (Å²) in [6.07, 6.45) is 34.3. The highest BCUT2D eigenvalue weighted by Gasteiger charge is 2.10. The number of phenols is 2. The van der Waals surface area contributed by atoms with Crippen molar-refractivity contribution >= 4 is 29.8 Å². The van der Waals surface area contributed by atoms with Crippen molar-refractivity contribution in [1.29, 1.82) is 0 Å². The van der Waals surface area contributed by atoms with Gasteiger partial charge in [0.25, 0.3) is 0 Å². The number of unbranched alkanes of at least 4 members (excludes halogenated alkanes) is 22. The Morgan fingerprint density at radius 2 is 0.873 bits per heavy atom. The van der Waals surface area contributed by atoms with Crippen molar-refractivity contribution in [1.82, 2.24) is 0 Å². The van der Waals surface area contributed by atoms with Gasteiger partial charge in [-0.2, -0.15) is 0 Å². The fourth-order valence-corrected chi connectivity index (χ4v) is 7.48. The van der Waals surface area contributed by atoms with Gasteiger partial charge in [0.05, 0.1) is 30.2 Å². The van der Waals surface area contributed by atoms with Crippen molar-refractivity contribution in [3.05, 3.63) is 102 Å². The number of aliphatic imine (C=N–C) groups is 2. The van der Waals surface area contributed by atoms with E-state index in [2.05, 4.69) is 23.8 Å². The molecule has 0 saturated heterocycles. The third-order valence-electron chi connectivity index (χ3n) is 11.4. The van der Waals surface area contributed by atoms with E-state index in [0.717, 1.165) is 25.7 Å². The summed E-state index contributed by atoms with van der Waals surface area (Å²) in [5.41, 5.74) is 2.68. The van der Waals surface area contributed by atoms with Crippen LogP contribution in [-0.2, 0) is 0 Å². The van der Waals surface area contributed by atoms with Crippen molar-refractivity contribution in [3.8, 4) is 28.7 Å². The predicted octanol–water partition coefficient (Wildman–Crippen LogP) is 16.0. The molecule has 4 aromatic rings. The number of aromatic hydroxyl groups is 2. The van der Waals surface area contributed by atoms with Gasteiger partial charge in [-0.05, 0) is 73.5 Å². The van der Waals surface area contributed by atoms with Gasteiger partial charge < -0.3 is 24.4 Å². The Kier molecular flexibility index (Phi) is 25.4. The van der Waals surface area contributed by atoms with Gasteiger partial charge in [-0.25, -0.2) is 4.79 Å². The van der Waals surface area contributed by atoms with Crippen molar-refractivity contribution < 1.29 is 29.2 Å². The predicted molar refractivity (Wildman–Crippen MR) is 262 cm³/mol. The Balaban J connectivity index is 1.11. The number of phenolic OH excluding ortho intramolecular Hbond substituents is 2. The Bertz CT molecular complexity index is 1910. The molecule has 0 unspecified atom stereocenters. The van der Waals surface area contributed by atoms with Crippen molar-refractivity contribution in [2.45, 2.75) is 168 Å². The molecule has 0 fully saturated rings. The first-order valence-corrected chi connectivity index (χ1v) is 24.4. The van der Waals surface area contributed by atoms with E-state index in [9.17, 15) is 15.0 Å². The SMILES string of the molecule is CCCCCCCCCCCCCCOc1ccc(/C=N/c2ccc(C(=O)Oc3cccc(/N=C/c4ccc(OCCCCCCCCCCCCCC)cc4O)c3)cc2)c(O)c1. The third-order valence-corrected chi connectivity index (χ3v) is 11.4. The highest BCUT2D eigenvalue weighted by Crippen LogP contribution is 2.27. The Hall–Kier alpha value is -5.11. The number of carbonyl (C=O) groups excluding carboxylic acids is 1. The zero-order chi connectivity index (χ0) is 44.6. The van der Waals surface area contributed by atoms with Crippen LogP contribution in [0.1, 0.15) is 189 Å². The van der Waals surface area contributed by atoms with Crippen LogP contribution in [0.25, 0.3) is 0 Å². The monoisotopic (exact) mass is 861 g/mol. The van der Waals surface area contributed by atoms with Crippen LogP contribution < -0.4 is 14.2 Å². The molecule has 4 rings (SSSR count). The maximum atomic E-state index is 13.0. The summed E-state index contributed by atoms with van der Waals surface area (Å²) in [5.74, 6) is 1.29. The minimum Gasteiger partial charge on any atom is -0.507 e. The molecule has 342 valence electrons. The lowest BCUT2D eigenvalue weighted by atomic mass is 10.1. The minimum absolute atomic E-state index is 0.0843. The first-order chi connectivity index (χ1) is 30.9. The van der Waals surface area contributed by atoms with E-state index in [-0.39, 0.29) is 11.5 Å². The number of benzene rings is 4. The molecule has 8 heteroatoms. The molecule has 0 atom stereocenters. The third kappa shape index (κ3) is 21.7. The van der Waals surface area contributed by atoms with Crippen molar-refractivity contribution in [2.75, 3.05) is 13.2 Å². The zero-order valence-electron chi connectivity index (χ0n) is 38.5. The minimum atomic E-state index is -0.514. The largest absolute Gasteiger partial charge is 0.507 e. The average molecular weight is 861 g/mol. The Morgan fingerprint density at radius 1 is 0.460 bits per heavy atom. The molecule has 0 aromatic heterocycles. The summed E-state index contributed by atoms with van der Waals surface area (Å²) in [4.78, 5) is 22.0. The van der Waals surface area contributed by atoms with Crippen LogP contribution in [0, 0.1) is 0 Å². The first kappa shape index (κ1) is 50.5. The number of hydrogen-bond donors (Lipinski definition) is 2. The lowest BCUT2D eigenvalue weighted by molar-refractivity contribution is 0.0735. The molecule has 0 aliphatic heterocycles. The molecule has 4 aromatic carbocycles. The highest BCUT2D eigenvalue weighted by molar-refractivity contribution is 5.92. The number of carbonyl (C=O) groups is 1. The Labute approximate surface area is 379 Å². The van der Waals surface area contributed by atoms with Crippen LogP contribution in [0.2, 0.25) is 0 Å². The van der Waals surface area contributed by atoms with E-state index in [1.54, 1.807) is 85.2 Å². The van der Waals surface area contributed by atoms with E-state index in [1.165, 1.54) is 128 Å². The standard InChI is InChI=1S/C55H76N2O6/c1-3-5-7-9-11-13-15-17-19-21-23-25-38-61-50-36-32-46(53(58)41-50)43-56-48-34-30-45(31-35-48)55(60)63-52-29-27-28-49(40-52)57-44-47-33-37-51(42-54(47)59)62-39-26-24-22-20-18-16-14-12-10-8-6-4-2/h27-37,40-44,58-59H,3-26,38-39H2,1-2H3/b56-43+,57-44+. The molecule has 63 heavy (non-hydrogen) atoms. The molecule has 0 bridgehead atoms. The van der Waals surface area contributed by atoms with Gasteiger partial charge in [-0.3, -0.25) is 9.98 Å². The van der Waals surface area contributed by atoms with Crippen LogP contribution in [-0.4, -0.2) is 41.8 Å². The molecule has 0 spiro atoms.